The van der Waals surface area contributed by atoms with Crippen molar-refractivity contribution in [1.82, 2.24) is 5.32 Å². The molecule has 2 aromatic carbocycles. The zero-order valence-corrected chi connectivity index (χ0v) is 12.6. The van der Waals surface area contributed by atoms with Crippen LogP contribution in [0.5, 0.6) is 0 Å². The smallest absolute Gasteiger partial charge is 0.273 e. The molecule has 0 saturated heterocycles. The van der Waals surface area contributed by atoms with Crippen molar-refractivity contribution in [2.75, 3.05) is 14.2 Å². The number of rotatable bonds is 5. The molecule has 4 nitrogen and oxygen atoms in total. The first-order valence-electron chi connectivity index (χ1n) is 6.92. The van der Waals surface area contributed by atoms with E-state index in [4.69, 9.17) is 4.84 Å². The van der Waals surface area contributed by atoms with E-state index in [0.717, 1.165) is 16.7 Å². The van der Waals surface area contributed by atoms with Crippen LogP contribution < -0.4 is 5.32 Å². The van der Waals surface area contributed by atoms with Gasteiger partial charge >= 0.3 is 0 Å². The Bertz CT molecular complexity index is 691. The van der Waals surface area contributed by atoms with Crippen molar-refractivity contribution in [3.05, 3.63) is 71.3 Å². The number of hydrogen-bond donors (Lipinski definition) is 1. The van der Waals surface area contributed by atoms with Crippen molar-refractivity contribution in [1.29, 1.82) is 0 Å². The standard InChI is InChI=1S/C18H18N2O2/c1-19-18(21)17(20-22-2)16-11-7-6-10-15(16)13-12-14-8-4-3-5-9-14/h3-13H,1-2H3,(H,19,21)/b13-12-,20-17+. The van der Waals surface area contributed by atoms with Crippen molar-refractivity contribution < 1.29 is 9.63 Å². The third-order valence-corrected chi connectivity index (χ3v) is 3.10. The van der Waals surface area contributed by atoms with Gasteiger partial charge in [-0.05, 0) is 11.1 Å². The summed E-state index contributed by atoms with van der Waals surface area (Å²) in [5.41, 5.74) is 2.95. The Labute approximate surface area is 130 Å². The van der Waals surface area contributed by atoms with Gasteiger partial charge < -0.3 is 10.2 Å². The zero-order chi connectivity index (χ0) is 15.8. The second-order valence-electron chi connectivity index (χ2n) is 4.53. The molecule has 0 atom stereocenters. The van der Waals surface area contributed by atoms with Crippen LogP contribution >= 0.6 is 0 Å². The van der Waals surface area contributed by atoms with Gasteiger partial charge in [-0.1, -0.05) is 71.9 Å². The fraction of sp³-hybridized carbons (Fsp3) is 0.111. The molecule has 0 aliphatic carbocycles. The third-order valence-electron chi connectivity index (χ3n) is 3.10. The van der Waals surface area contributed by atoms with Gasteiger partial charge in [-0.15, -0.1) is 0 Å². The summed E-state index contributed by atoms with van der Waals surface area (Å²) in [6.07, 6.45) is 3.95. The second kappa shape index (κ2) is 7.78. The summed E-state index contributed by atoms with van der Waals surface area (Å²) in [6, 6.07) is 17.5. The molecule has 0 bridgehead atoms. The van der Waals surface area contributed by atoms with Crippen LogP contribution in [0.3, 0.4) is 0 Å². The van der Waals surface area contributed by atoms with E-state index in [9.17, 15) is 4.79 Å². The fourth-order valence-electron chi connectivity index (χ4n) is 2.03. The average molecular weight is 294 g/mol. The highest BCUT2D eigenvalue weighted by molar-refractivity contribution is 6.45. The molecule has 0 aliphatic rings. The lowest BCUT2D eigenvalue weighted by atomic mass is 10.0. The maximum atomic E-state index is 12.0. The van der Waals surface area contributed by atoms with Gasteiger partial charge in [0.15, 0.2) is 5.71 Å². The van der Waals surface area contributed by atoms with E-state index in [-0.39, 0.29) is 11.6 Å². The summed E-state index contributed by atoms with van der Waals surface area (Å²) in [5.74, 6) is -0.289. The molecule has 2 aromatic rings. The molecule has 1 N–H and O–H groups in total. The molecule has 0 unspecified atom stereocenters. The predicted octanol–water partition coefficient (Wildman–Crippen LogP) is 2.95. The first-order valence-corrected chi connectivity index (χ1v) is 6.92. The molecule has 1 amide bonds. The van der Waals surface area contributed by atoms with Gasteiger partial charge in [-0.25, -0.2) is 0 Å². The summed E-state index contributed by atoms with van der Waals surface area (Å²) in [4.78, 5) is 16.8. The van der Waals surface area contributed by atoms with Crippen LogP contribution in [0, 0.1) is 0 Å². The highest BCUT2D eigenvalue weighted by Crippen LogP contribution is 2.15. The maximum absolute atomic E-state index is 12.0. The number of carbonyl (C=O) groups is 1. The molecule has 0 spiro atoms. The van der Waals surface area contributed by atoms with Gasteiger partial charge in [0.25, 0.3) is 5.91 Å². The molecule has 4 heteroatoms. The van der Waals surface area contributed by atoms with E-state index in [1.54, 1.807) is 7.05 Å². The lowest BCUT2D eigenvalue weighted by Gasteiger charge is -2.08. The molecule has 0 saturated carbocycles. The lowest BCUT2D eigenvalue weighted by molar-refractivity contribution is -0.114. The number of carbonyl (C=O) groups excluding carboxylic acids is 1. The number of nitrogens with zero attached hydrogens (tertiary/aromatic N) is 1. The Morgan fingerprint density at radius 3 is 2.41 bits per heavy atom. The summed E-state index contributed by atoms with van der Waals surface area (Å²) in [6.45, 7) is 0. The van der Waals surface area contributed by atoms with E-state index >= 15 is 0 Å². The molecule has 0 fully saturated rings. The van der Waals surface area contributed by atoms with Crippen LogP contribution in [0.4, 0.5) is 0 Å². The van der Waals surface area contributed by atoms with Crippen molar-refractivity contribution in [3.8, 4) is 0 Å². The van der Waals surface area contributed by atoms with Crippen LogP contribution in [0.15, 0.2) is 59.8 Å². The van der Waals surface area contributed by atoms with E-state index in [0.29, 0.717) is 0 Å². The quantitative estimate of drug-likeness (QED) is 0.523. The minimum Gasteiger partial charge on any atom is -0.398 e. The number of nitrogens with one attached hydrogen (secondary N) is 1. The molecule has 112 valence electrons. The highest BCUT2D eigenvalue weighted by Gasteiger charge is 2.15. The summed E-state index contributed by atoms with van der Waals surface area (Å²) in [5, 5.41) is 6.43. The largest absolute Gasteiger partial charge is 0.398 e. The van der Waals surface area contributed by atoms with E-state index < -0.39 is 0 Å². The van der Waals surface area contributed by atoms with Crippen LogP contribution in [0.1, 0.15) is 16.7 Å². The average Bonchev–Trinajstić information content (AvgIpc) is 2.58. The predicted molar refractivity (Wildman–Crippen MR) is 89.4 cm³/mol. The van der Waals surface area contributed by atoms with Crippen molar-refractivity contribution in [2.45, 2.75) is 0 Å². The monoisotopic (exact) mass is 294 g/mol. The fourth-order valence-corrected chi connectivity index (χ4v) is 2.03. The minimum atomic E-state index is -0.289. The first-order chi connectivity index (χ1) is 10.8. The van der Waals surface area contributed by atoms with Gasteiger partial charge in [0.2, 0.25) is 0 Å². The highest BCUT2D eigenvalue weighted by atomic mass is 16.6. The Kier molecular flexibility index (Phi) is 5.49. The zero-order valence-electron chi connectivity index (χ0n) is 12.6. The molecular weight excluding hydrogens is 276 g/mol. The Balaban J connectivity index is 2.40. The van der Waals surface area contributed by atoms with Gasteiger partial charge in [0.1, 0.15) is 7.11 Å². The Hall–Kier alpha value is -2.88. The first kappa shape index (κ1) is 15.5. The van der Waals surface area contributed by atoms with Gasteiger partial charge in [0.05, 0.1) is 0 Å². The van der Waals surface area contributed by atoms with Crippen LogP contribution in [-0.2, 0) is 9.63 Å². The number of amides is 1. The molecule has 0 radical (unpaired) electrons. The number of likely N-dealkylation sites (N-methyl/N-ethyl adjacent to an activating group) is 1. The SMILES string of the molecule is CNC(=O)/C(=N/OC)c1ccccc1/C=C\c1ccccc1. The van der Waals surface area contributed by atoms with Crippen molar-refractivity contribution in [2.24, 2.45) is 5.16 Å². The number of benzene rings is 2. The minimum absolute atomic E-state index is 0.248. The topological polar surface area (TPSA) is 50.7 Å². The summed E-state index contributed by atoms with van der Waals surface area (Å²) >= 11 is 0. The van der Waals surface area contributed by atoms with E-state index in [1.807, 2.05) is 66.7 Å². The Morgan fingerprint density at radius 1 is 1.05 bits per heavy atom. The molecule has 0 heterocycles. The van der Waals surface area contributed by atoms with E-state index in [2.05, 4.69) is 10.5 Å². The summed E-state index contributed by atoms with van der Waals surface area (Å²) in [7, 11) is 2.99. The molecule has 0 aliphatic heterocycles. The molecule has 22 heavy (non-hydrogen) atoms. The van der Waals surface area contributed by atoms with Crippen molar-refractivity contribution >= 4 is 23.8 Å². The lowest BCUT2D eigenvalue weighted by Crippen LogP contribution is -2.29. The molecule has 0 aromatic heterocycles. The van der Waals surface area contributed by atoms with E-state index in [1.165, 1.54) is 7.11 Å². The van der Waals surface area contributed by atoms with Crippen LogP contribution in [-0.4, -0.2) is 25.8 Å². The Morgan fingerprint density at radius 2 is 1.73 bits per heavy atom. The van der Waals surface area contributed by atoms with Crippen molar-refractivity contribution in [3.63, 3.8) is 0 Å². The van der Waals surface area contributed by atoms with Gasteiger partial charge in [-0.3, -0.25) is 4.79 Å². The van der Waals surface area contributed by atoms with Crippen LogP contribution in [0.25, 0.3) is 12.2 Å². The number of hydrogen-bond acceptors (Lipinski definition) is 3. The molecule has 2 rings (SSSR count). The summed E-state index contributed by atoms with van der Waals surface area (Å²) < 4.78 is 0. The second-order valence-corrected chi connectivity index (χ2v) is 4.53. The maximum Gasteiger partial charge on any atom is 0.273 e. The van der Waals surface area contributed by atoms with Crippen LogP contribution in [0.2, 0.25) is 0 Å². The third kappa shape index (κ3) is 3.82. The van der Waals surface area contributed by atoms with Gasteiger partial charge in [-0.2, -0.15) is 0 Å². The molecular formula is C18H18N2O2. The number of oxime groups is 1. The van der Waals surface area contributed by atoms with Gasteiger partial charge in [0, 0.05) is 12.6 Å². The normalized spacial score (nSPS) is 11.5.